The van der Waals surface area contributed by atoms with Crippen LogP contribution in [-0.2, 0) is 10.0 Å². The highest BCUT2D eigenvalue weighted by Crippen LogP contribution is 2.32. The van der Waals surface area contributed by atoms with Crippen LogP contribution < -0.4 is 5.32 Å². The Morgan fingerprint density at radius 1 is 1.00 bits per heavy atom. The Kier molecular flexibility index (Phi) is 3.47. The lowest BCUT2D eigenvalue weighted by atomic mass is 10.1. The number of benzene rings is 2. The third kappa shape index (κ3) is 2.51. The van der Waals surface area contributed by atoms with Gasteiger partial charge in [0.1, 0.15) is 4.90 Å². The summed E-state index contributed by atoms with van der Waals surface area (Å²) in [4.78, 5) is 5.88. The van der Waals surface area contributed by atoms with E-state index in [-0.39, 0.29) is 4.90 Å². The van der Waals surface area contributed by atoms with Crippen molar-refractivity contribution in [1.29, 1.82) is 0 Å². The fourth-order valence-corrected chi connectivity index (χ4v) is 4.62. The van der Waals surface area contributed by atoms with Gasteiger partial charge < -0.3 is 5.32 Å². The summed E-state index contributed by atoms with van der Waals surface area (Å²) in [6.45, 7) is 1.99. The molecule has 1 aliphatic rings. The summed E-state index contributed by atoms with van der Waals surface area (Å²) < 4.78 is 28.0. The number of nitrogens with zero attached hydrogens (tertiary/aromatic N) is 2. The maximum Gasteiger partial charge on any atom is 0.285 e. The number of sulfonamides is 1. The average Bonchev–Trinajstić information content (AvgIpc) is 3.07. The molecule has 1 N–H and O–H groups in total. The smallest absolute Gasteiger partial charge is 0.285 e. The molecular weight excluding hydrogens is 342 g/mol. The van der Waals surface area contributed by atoms with Crippen LogP contribution in [0.5, 0.6) is 0 Å². The average molecular weight is 355 g/mol. The predicted molar refractivity (Wildman–Crippen MR) is 96.1 cm³/mol. The number of fused-ring (bicyclic) bond motifs is 1. The first kappa shape index (κ1) is 15.0. The molecule has 0 fully saturated rings. The summed E-state index contributed by atoms with van der Waals surface area (Å²) in [5.74, 6) is 0.318. The van der Waals surface area contributed by atoms with E-state index in [1.807, 2.05) is 37.3 Å². The van der Waals surface area contributed by atoms with E-state index in [1.54, 1.807) is 24.3 Å². The SMILES string of the molecule is Cc1sc(NC2=NS(=O)(=O)c3ccccc32)nc1-c1ccccc1. The Labute approximate surface area is 143 Å². The van der Waals surface area contributed by atoms with E-state index in [1.165, 1.54) is 11.3 Å². The molecule has 0 saturated carbocycles. The maximum atomic E-state index is 12.1. The third-order valence-corrected chi connectivity index (χ3v) is 5.92. The third-order valence-electron chi connectivity index (χ3n) is 3.70. The Morgan fingerprint density at radius 2 is 1.71 bits per heavy atom. The van der Waals surface area contributed by atoms with Crippen LogP contribution in [0, 0.1) is 6.92 Å². The summed E-state index contributed by atoms with van der Waals surface area (Å²) in [6, 6.07) is 16.7. The second-order valence-corrected chi connectivity index (χ2v) is 8.10. The first-order valence-electron chi connectivity index (χ1n) is 7.29. The molecule has 0 radical (unpaired) electrons. The minimum absolute atomic E-state index is 0.226. The Bertz CT molecular complexity index is 1050. The molecule has 24 heavy (non-hydrogen) atoms. The van der Waals surface area contributed by atoms with Crippen LogP contribution in [0.15, 0.2) is 63.9 Å². The van der Waals surface area contributed by atoms with Crippen molar-refractivity contribution in [3.05, 3.63) is 65.0 Å². The summed E-state index contributed by atoms with van der Waals surface area (Å²) >= 11 is 1.47. The van der Waals surface area contributed by atoms with E-state index in [0.29, 0.717) is 16.5 Å². The van der Waals surface area contributed by atoms with Crippen molar-refractivity contribution in [2.45, 2.75) is 11.8 Å². The van der Waals surface area contributed by atoms with Crippen LogP contribution in [0.2, 0.25) is 0 Å². The van der Waals surface area contributed by atoms with Gasteiger partial charge in [0.25, 0.3) is 10.0 Å². The van der Waals surface area contributed by atoms with Crippen molar-refractivity contribution in [1.82, 2.24) is 4.98 Å². The van der Waals surface area contributed by atoms with Gasteiger partial charge in [-0.1, -0.05) is 42.5 Å². The molecule has 3 aromatic rings. The van der Waals surface area contributed by atoms with Crippen LogP contribution >= 0.6 is 11.3 Å². The van der Waals surface area contributed by atoms with Crippen molar-refractivity contribution in [3.8, 4) is 11.3 Å². The fraction of sp³-hybridized carbons (Fsp3) is 0.0588. The normalized spacial score (nSPS) is 15.0. The first-order chi connectivity index (χ1) is 11.5. The minimum atomic E-state index is -3.63. The van der Waals surface area contributed by atoms with Gasteiger partial charge in [-0.05, 0) is 19.1 Å². The number of hydrogen-bond acceptors (Lipinski definition) is 5. The molecule has 2 heterocycles. The van der Waals surface area contributed by atoms with E-state index in [9.17, 15) is 8.42 Å². The monoisotopic (exact) mass is 355 g/mol. The minimum Gasteiger partial charge on any atom is -0.315 e. The van der Waals surface area contributed by atoms with Gasteiger partial charge in [0.05, 0.1) is 5.69 Å². The summed E-state index contributed by atoms with van der Waals surface area (Å²) in [5.41, 5.74) is 2.49. The van der Waals surface area contributed by atoms with Crippen LogP contribution in [0.3, 0.4) is 0 Å². The van der Waals surface area contributed by atoms with E-state index >= 15 is 0 Å². The van der Waals surface area contributed by atoms with E-state index in [4.69, 9.17) is 0 Å². The van der Waals surface area contributed by atoms with Crippen molar-refractivity contribution in [2.75, 3.05) is 5.32 Å². The van der Waals surface area contributed by atoms with Gasteiger partial charge in [0.2, 0.25) is 0 Å². The molecule has 5 nitrogen and oxygen atoms in total. The number of nitrogens with one attached hydrogen (secondary N) is 1. The van der Waals surface area contributed by atoms with Gasteiger partial charge in [-0.2, -0.15) is 8.42 Å². The number of aromatic nitrogens is 1. The number of aryl methyl sites for hydroxylation is 1. The van der Waals surface area contributed by atoms with E-state index in [0.717, 1.165) is 16.1 Å². The van der Waals surface area contributed by atoms with Crippen molar-refractivity contribution < 1.29 is 8.42 Å². The molecule has 2 aromatic carbocycles. The number of rotatable bonds is 2. The highest BCUT2D eigenvalue weighted by molar-refractivity contribution is 7.90. The molecular formula is C17H13N3O2S2. The molecule has 0 spiro atoms. The standard InChI is InChI=1S/C17H13N3O2S2/c1-11-15(12-7-3-2-4-8-12)18-17(23-11)19-16-13-9-5-6-10-14(13)24(21,22)20-16/h2-10H,1H3,(H,18,19,20). The molecule has 120 valence electrons. The van der Waals surface area contributed by atoms with Gasteiger partial charge in [-0.25, -0.2) is 4.98 Å². The van der Waals surface area contributed by atoms with Crippen molar-refractivity contribution >= 4 is 32.3 Å². The van der Waals surface area contributed by atoms with Gasteiger partial charge in [-0.15, -0.1) is 15.7 Å². The molecule has 1 aromatic heterocycles. The lowest BCUT2D eigenvalue weighted by Gasteiger charge is -2.02. The van der Waals surface area contributed by atoms with Crippen LogP contribution in [0.25, 0.3) is 11.3 Å². The van der Waals surface area contributed by atoms with E-state index in [2.05, 4.69) is 14.7 Å². The number of thiazole rings is 1. The van der Waals surface area contributed by atoms with Gasteiger partial charge in [-0.3, -0.25) is 0 Å². The van der Waals surface area contributed by atoms with Crippen LogP contribution in [0.1, 0.15) is 10.4 Å². The fourth-order valence-electron chi connectivity index (χ4n) is 2.61. The second kappa shape index (κ2) is 5.54. The molecule has 0 amide bonds. The highest BCUT2D eigenvalue weighted by Gasteiger charge is 2.29. The summed E-state index contributed by atoms with van der Waals surface area (Å²) in [5, 5.41) is 3.68. The van der Waals surface area contributed by atoms with Gasteiger partial charge in [0, 0.05) is 16.0 Å². The zero-order valence-corrected chi connectivity index (χ0v) is 14.4. The zero-order valence-electron chi connectivity index (χ0n) is 12.7. The molecule has 0 aliphatic carbocycles. The lowest BCUT2D eigenvalue weighted by molar-refractivity contribution is 0.599. The highest BCUT2D eigenvalue weighted by atomic mass is 32.2. The molecule has 0 atom stereocenters. The van der Waals surface area contributed by atoms with Crippen molar-refractivity contribution in [2.24, 2.45) is 4.40 Å². The number of amidine groups is 1. The predicted octanol–water partition coefficient (Wildman–Crippen LogP) is 3.68. The molecule has 7 heteroatoms. The van der Waals surface area contributed by atoms with E-state index < -0.39 is 10.0 Å². The molecule has 0 bridgehead atoms. The summed E-state index contributed by atoms with van der Waals surface area (Å²) in [6.07, 6.45) is 0. The number of anilines is 1. The molecule has 4 rings (SSSR count). The quantitative estimate of drug-likeness (QED) is 0.761. The topological polar surface area (TPSA) is 71.4 Å². The largest absolute Gasteiger partial charge is 0.315 e. The van der Waals surface area contributed by atoms with Gasteiger partial charge in [0.15, 0.2) is 11.0 Å². The zero-order chi connectivity index (χ0) is 16.7. The first-order valence-corrected chi connectivity index (χ1v) is 9.54. The molecule has 0 saturated heterocycles. The van der Waals surface area contributed by atoms with Gasteiger partial charge >= 0.3 is 0 Å². The maximum absolute atomic E-state index is 12.1. The van der Waals surface area contributed by atoms with Crippen LogP contribution in [-0.4, -0.2) is 19.2 Å². The second-order valence-electron chi connectivity index (χ2n) is 5.33. The number of hydrogen-bond donors (Lipinski definition) is 1. The summed E-state index contributed by atoms with van der Waals surface area (Å²) in [7, 11) is -3.63. The Balaban J connectivity index is 1.71. The Hall–Kier alpha value is -2.51. The lowest BCUT2D eigenvalue weighted by Crippen LogP contribution is -2.10. The molecule has 0 unspecified atom stereocenters. The van der Waals surface area contributed by atoms with Crippen molar-refractivity contribution in [3.63, 3.8) is 0 Å². The Morgan fingerprint density at radius 3 is 2.50 bits per heavy atom. The molecule has 1 aliphatic heterocycles. The van der Waals surface area contributed by atoms with Crippen LogP contribution in [0.4, 0.5) is 5.13 Å².